The third-order valence-electron chi connectivity index (χ3n) is 3.48. The van der Waals surface area contributed by atoms with E-state index in [9.17, 15) is 4.79 Å². The van der Waals surface area contributed by atoms with Crippen LogP contribution in [-0.2, 0) is 0 Å². The molecule has 0 spiro atoms. The van der Waals surface area contributed by atoms with E-state index in [0.717, 1.165) is 6.42 Å². The Hall–Kier alpha value is -2.49. The topological polar surface area (TPSA) is 67.1 Å². The number of hydrogen-bond donors (Lipinski definition) is 3. The van der Waals surface area contributed by atoms with Crippen LogP contribution in [0.25, 0.3) is 0 Å². The van der Waals surface area contributed by atoms with Gasteiger partial charge in [-0.25, -0.2) is 4.79 Å². The Bertz CT molecular complexity index is 612. The van der Waals surface area contributed by atoms with Gasteiger partial charge in [0.05, 0.1) is 0 Å². The van der Waals surface area contributed by atoms with E-state index >= 15 is 0 Å². The fourth-order valence-electron chi connectivity index (χ4n) is 2.38. The maximum Gasteiger partial charge on any atom is 0.319 e. The molecule has 4 nitrogen and oxygen atoms in total. The quantitative estimate of drug-likeness (QED) is 0.748. The van der Waals surface area contributed by atoms with Crippen LogP contribution >= 0.6 is 0 Å². The molecule has 0 heterocycles. The fourth-order valence-corrected chi connectivity index (χ4v) is 2.38. The Kier molecular flexibility index (Phi) is 3.29. The number of urea groups is 1. The van der Waals surface area contributed by atoms with Crippen LogP contribution < -0.4 is 16.4 Å². The van der Waals surface area contributed by atoms with Gasteiger partial charge in [-0.3, -0.25) is 0 Å². The first-order valence-corrected chi connectivity index (χ1v) is 6.70. The van der Waals surface area contributed by atoms with Gasteiger partial charge in [0.15, 0.2) is 0 Å². The molecule has 0 aliphatic heterocycles. The van der Waals surface area contributed by atoms with E-state index in [1.54, 1.807) is 12.1 Å². The standard InChI is InChI=1S/C16H17N3O/c17-12-7-4-8-13(9-12)18-16(20)19-15-10-14(15)11-5-2-1-3-6-11/h1-9,14-15H,10,17H2,(H2,18,19,20). The van der Waals surface area contributed by atoms with E-state index < -0.39 is 0 Å². The smallest absolute Gasteiger partial charge is 0.319 e. The van der Waals surface area contributed by atoms with Crippen LogP contribution in [0, 0.1) is 0 Å². The van der Waals surface area contributed by atoms with E-state index in [0.29, 0.717) is 17.3 Å². The van der Waals surface area contributed by atoms with E-state index in [1.165, 1.54) is 5.56 Å². The van der Waals surface area contributed by atoms with Gasteiger partial charge in [0.25, 0.3) is 0 Å². The van der Waals surface area contributed by atoms with Crippen molar-refractivity contribution in [2.75, 3.05) is 11.1 Å². The van der Waals surface area contributed by atoms with Crippen molar-refractivity contribution < 1.29 is 4.79 Å². The molecule has 2 aromatic rings. The highest BCUT2D eigenvalue weighted by molar-refractivity contribution is 5.90. The molecule has 2 atom stereocenters. The summed E-state index contributed by atoms with van der Waals surface area (Å²) in [7, 11) is 0. The molecular weight excluding hydrogens is 250 g/mol. The summed E-state index contributed by atoms with van der Waals surface area (Å²) < 4.78 is 0. The van der Waals surface area contributed by atoms with Crippen LogP contribution in [0.3, 0.4) is 0 Å². The van der Waals surface area contributed by atoms with Gasteiger partial charge in [0.1, 0.15) is 0 Å². The van der Waals surface area contributed by atoms with Crippen LogP contribution in [0.1, 0.15) is 17.9 Å². The molecule has 4 heteroatoms. The molecule has 0 radical (unpaired) electrons. The lowest BCUT2D eigenvalue weighted by molar-refractivity contribution is 0.251. The zero-order valence-corrected chi connectivity index (χ0v) is 11.0. The zero-order chi connectivity index (χ0) is 13.9. The Balaban J connectivity index is 1.54. The van der Waals surface area contributed by atoms with Crippen LogP contribution in [0.2, 0.25) is 0 Å². The molecule has 102 valence electrons. The first-order valence-electron chi connectivity index (χ1n) is 6.70. The summed E-state index contributed by atoms with van der Waals surface area (Å²) in [4.78, 5) is 11.9. The average molecular weight is 267 g/mol. The van der Waals surface area contributed by atoms with Gasteiger partial charge in [-0.2, -0.15) is 0 Å². The second-order valence-electron chi connectivity index (χ2n) is 5.08. The van der Waals surface area contributed by atoms with Crippen LogP contribution in [0.15, 0.2) is 54.6 Å². The minimum Gasteiger partial charge on any atom is -0.399 e. The first kappa shape index (κ1) is 12.5. The van der Waals surface area contributed by atoms with Gasteiger partial charge < -0.3 is 16.4 Å². The molecule has 1 aliphatic carbocycles. The van der Waals surface area contributed by atoms with Gasteiger partial charge in [0, 0.05) is 23.3 Å². The minimum atomic E-state index is -0.181. The van der Waals surface area contributed by atoms with Gasteiger partial charge >= 0.3 is 6.03 Å². The van der Waals surface area contributed by atoms with Crippen molar-refractivity contribution in [3.63, 3.8) is 0 Å². The molecular formula is C16H17N3O. The lowest BCUT2D eigenvalue weighted by Gasteiger charge is -2.08. The molecule has 0 saturated heterocycles. The van der Waals surface area contributed by atoms with E-state index in [4.69, 9.17) is 5.73 Å². The highest BCUT2D eigenvalue weighted by atomic mass is 16.2. The number of nitrogens with two attached hydrogens (primary N) is 1. The van der Waals surface area contributed by atoms with Crippen molar-refractivity contribution in [3.8, 4) is 0 Å². The molecule has 0 bridgehead atoms. The normalized spacial score (nSPS) is 20.2. The van der Waals surface area contributed by atoms with Crippen molar-refractivity contribution in [1.82, 2.24) is 5.32 Å². The summed E-state index contributed by atoms with van der Waals surface area (Å²) in [6.07, 6.45) is 0.994. The lowest BCUT2D eigenvalue weighted by atomic mass is 10.1. The Morgan fingerprint density at radius 1 is 1.10 bits per heavy atom. The van der Waals surface area contributed by atoms with Gasteiger partial charge in [0.2, 0.25) is 0 Å². The summed E-state index contributed by atoms with van der Waals surface area (Å²) in [5.74, 6) is 0.433. The predicted molar refractivity (Wildman–Crippen MR) is 80.6 cm³/mol. The molecule has 2 unspecified atom stereocenters. The van der Waals surface area contributed by atoms with E-state index in [2.05, 4.69) is 22.8 Å². The predicted octanol–water partition coefficient (Wildman–Crippen LogP) is 2.95. The number of hydrogen-bond acceptors (Lipinski definition) is 2. The average Bonchev–Trinajstić information content (AvgIpc) is 3.19. The van der Waals surface area contributed by atoms with Crippen molar-refractivity contribution in [2.24, 2.45) is 0 Å². The summed E-state index contributed by atoms with van der Waals surface area (Å²) >= 11 is 0. The number of carbonyl (C=O) groups is 1. The molecule has 0 aromatic heterocycles. The Labute approximate surface area is 118 Å². The number of carbonyl (C=O) groups excluding carboxylic acids is 1. The summed E-state index contributed by atoms with van der Waals surface area (Å²) in [6.45, 7) is 0. The number of nitrogen functional groups attached to an aromatic ring is 1. The molecule has 1 saturated carbocycles. The molecule has 4 N–H and O–H groups in total. The van der Waals surface area contributed by atoms with Crippen LogP contribution in [0.4, 0.5) is 16.2 Å². The summed E-state index contributed by atoms with van der Waals surface area (Å²) in [5.41, 5.74) is 8.30. The molecule has 3 rings (SSSR count). The lowest BCUT2D eigenvalue weighted by Crippen LogP contribution is -2.31. The third-order valence-corrected chi connectivity index (χ3v) is 3.48. The number of nitrogens with one attached hydrogen (secondary N) is 2. The van der Waals surface area contributed by atoms with Gasteiger partial charge in [-0.05, 0) is 30.2 Å². The number of anilines is 2. The van der Waals surface area contributed by atoms with Crippen molar-refractivity contribution >= 4 is 17.4 Å². The fraction of sp³-hybridized carbons (Fsp3) is 0.188. The van der Waals surface area contributed by atoms with Crippen molar-refractivity contribution in [1.29, 1.82) is 0 Å². The Morgan fingerprint density at radius 3 is 2.65 bits per heavy atom. The summed E-state index contributed by atoms with van der Waals surface area (Å²) in [5, 5.41) is 5.78. The second-order valence-corrected chi connectivity index (χ2v) is 5.08. The number of rotatable bonds is 3. The maximum atomic E-state index is 11.9. The van der Waals surface area contributed by atoms with Crippen LogP contribution in [0.5, 0.6) is 0 Å². The third kappa shape index (κ3) is 2.91. The minimum absolute atomic E-state index is 0.181. The number of benzene rings is 2. The number of amides is 2. The van der Waals surface area contributed by atoms with E-state index in [1.807, 2.05) is 30.3 Å². The molecule has 1 fully saturated rings. The monoisotopic (exact) mass is 267 g/mol. The Morgan fingerprint density at radius 2 is 1.90 bits per heavy atom. The van der Waals surface area contributed by atoms with Gasteiger partial charge in [-0.15, -0.1) is 0 Å². The highest BCUT2D eigenvalue weighted by Gasteiger charge is 2.39. The SMILES string of the molecule is Nc1cccc(NC(=O)NC2CC2c2ccccc2)c1. The molecule has 2 amide bonds. The largest absolute Gasteiger partial charge is 0.399 e. The first-order chi connectivity index (χ1) is 9.72. The van der Waals surface area contributed by atoms with E-state index in [-0.39, 0.29) is 12.1 Å². The zero-order valence-electron chi connectivity index (χ0n) is 11.0. The highest BCUT2D eigenvalue weighted by Crippen LogP contribution is 2.40. The van der Waals surface area contributed by atoms with Crippen molar-refractivity contribution in [2.45, 2.75) is 18.4 Å². The summed E-state index contributed by atoms with van der Waals surface area (Å²) in [6, 6.07) is 17.4. The molecule has 1 aliphatic rings. The molecule has 2 aromatic carbocycles. The second kappa shape index (κ2) is 5.25. The van der Waals surface area contributed by atoms with Crippen molar-refractivity contribution in [3.05, 3.63) is 60.2 Å². The maximum absolute atomic E-state index is 11.9. The molecule has 20 heavy (non-hydrogen) atoms. The van der Waals surface area contributed by atoms with Gasteiger partial charge in [-0.1, -0.05) is 36.4 Å². The van der Waals surface area contributed by atoms with Crippen LogP contribution in [-0.4, -0.2) is 12.1 Å².